The molecule has 1 amide bonds. The number of carbonyl (C=O) groups is 3. The maximum absolute atomic E-state index is 14.4. The first-order valence-electron chi connectivity index (χ1n) is 23.1. The largest absolute Gasteiger partial charge is 0.459 e. The van der Waals surface area contributed by atoms with Crippen LogP contribution in [0.1, 0.15) is 100 Å². The summed E-state index contributed by atoms with van der Waals surface area (Å²) >= 11 is 0. The molecule has 65 heavy (non-hydrogen) atoms. The topological polar surface area (TPSA) is 230 Å². The first-order chi connectivity index (χ1) is 30.3. The molecule has 0 bridgehead atoms. The van der Waals surface area contributed by atoms with Gasteiger partial charge in [-0.05, 0) is 99.0 Å². The summed E-state index contributed by atoms with van der Waals surface area (Å²) in [5.74, 6) is -3.93. The number of esters is 1. The lowest BCUT2D eigenvalue weighted by molar-refractivity contribution is -0.317. The van der Waals surface area contributed by atoms with E-state index in [4.69, 9.17) is 42.6 Å². The lowest BCUT2D eigenvalue weighted by Gasteiger charge is -2.49. The van der Waals surface area contributed by atoms with Gasteiger partial charge >= 0.3 is 12.1 Å². The van der Waals surface area contributed by atoms with Crippen molar-refractivity contribution in [3.63, 3.8) is 0 Å². The van der Waals surface area contributed by atoms with Crippen LogP contribution in [0, 0.1) is 23.7 Å². The minimum atomic E-state index is -2.04. The predicted octanol–water partition coefficient (Wildman–Crippen LogP) is 3.49. The van der Waals surface area contributed by atoms with Crippen molar-refractivity contribution in [3.05, 3.63) is 23.8 Å². The third-order valence-corrected chi connectivity index (χ3v) is 14.1. The van der Waals surface area contributed by atoms with Gasteiger partial charge in [-0.25, -0.2) is 4.79 Å². The van der Waals surface area contributed by atoms with Crippen LogP contribution >= 0.6 is 0 Å². The molecule has 0 aromatic heterocycles. The number of nitrogens with zero attached hydrogens (tertiary/aromatic N) is 1. The fourth-order valence-corrected chi connectivity index (χ4v) is 10.2. The van der Waals surface area contributed by atoms with Crippen molar-refractivity contribution in [2.24, 2.45) is 23.7 Å². The minimum absolute atomic E-state index is 0.0181. The van der Waals surface area contributed by atoms with Crippen LogP contribution < -0.4 is 14.8 Å². The number of Topliss-reactive ketones (excluding diaryl/α,β-unsaturated/α-hetero) is 1. The number of nitrogens with one attached hydrogen (secondary N) is 1. The lowest BCUT2D eigenvalue weighted by atomic mass is 9.74. The second-order valence-corrected chi connectivity index (χ2v) is 19.7. The molecule has 0 aliphatic carbocycles. The van der Waals surface area contributed by atoms with Crippen molar-refractivity contribution in [1.82, 2.24) is 10.2 Å². The van der Waals surface area contributed by atoms with Crippen LogP contribution in [0.25, 0.3) is 0 Å². The number of aliphatic hydroxyl groups is 4. The number of cyclic esters (lactones) is 1. The van der Waals surface area contributed by atoms with Crippen LogP contribution in [0.5, 0.6) is 11.5 Å². The molecule has 18 nitrogen and oxygen atoms in total. The molecule has 370 valence electrons. The summed E-state index contributed by atoms with van der Waals surface area (Å²) < 4.78 is 55.0. The molecule has 0 unspecified atom stereocenters. The Morgan fingerprint density at radius 2 is 1.60 bits per heavy atom. The van der Waals surface area contributed by atoms with Crippen LogP contribution in [0.2, 0.25) is 0 Å². The molecule has 3 fully saturated rings. The predicted molar refractivity (Wildman–Crippen MR) is 235 cm³/mol. The van der Waals surface area contributed by atoms with Gasteiger partial charge in [0.1, 0.15) is 29.2 Å². The number of likely N-dealkylation sites (N-methyl/N-ethyl adjacent to an activating group) is 1. The van der Waals surface area contributed by atoms with Crippen molar-refractivity contribution >= 4 is 17.8 Å². The Hall–Kier alpha value is -3.17. The van der Waals surface area contributed by atoms with E-state index in [1.165, 1.54) is 27.9 Å². The zero-order valence-corrected chi connectivity index (χ0v) is 40.5. The monoisotopic (exact) mass is 925 g/mol. The highest BCUT2D eigenvalue weighted by Gasteiger charge is 2.54. The maximum atomic E-state index is 14.4. The van der Waals surface area contributed by atoms with Gasteiger partial charge in [0.2, 0.25) is 6.79 Å². The summed E-state index contributed by atoms with van der Waals surface area (Å²) in [5.41, 5.74) is -4.12. The fourth-order valence-electron chi connectivity index (χ4n) is 10.2. The van der Waals surface area contributed by atoms with E-state index >= 15 is 0 Å². The van der Waals surface area contributed by atoms with Crippen molar-refractivity contribution < 1.29 is 77.4 Å². The number of alkyl carbamates (subject to hydrolysis) is 1. The number of rotatable bonds is 11. The molecular weight excluding hydrogens is 849 g/mol. The Morgan fingerprint density at radius 1 is 0.923 bits per heavy atom. The zero-order chi connectivity index (χ0) is 48.3. The highest BCUT2D eigenvalue weighted by Crippen LogP contribution is 2.41. The molecule has 5 rings (SSSR count). The number of hydrogen-bond acceptors (Lipinski definition) is 17. The molecule has 18 heteroatoms. The van der Waals surface area contributed by atoms with Gasteiger partial charge in [-0.2, -0.15) is 0 Å². The second kappa shape index (κ2) is 21.4. The molecule has 4 heterocycles. The first kappa shape index (κ1) is 52.8. The van der Waals surface area contributed by atoms with E-state index in [2.05, 4.69) is 5.32 Å². The summed E-state index contributed by atoms with van der Waals surface area (Å²) in [6.07, 6.45) is -10.5. The van der Waals surface area contributed by atoms with Gasteiger partial charge in [-0.15, -0.1) is 0 Å². The van der Waals surface area contributed by atoms with E-state index in [0.717, 1.165) is 5.56 Å². The molecular formula is C47H76N2O16. The van der Waals surface area contributed by atoms with Gasteiger partial charge in [0.15, 0.2) is 30.2 Å². The van der Waals surface area contributed by atoms with E-state index in [1.807, 2.05) is 44.1 Å². The smallest absolute Gasteiger partial charge is 0.407 e. The molecule has 4 aliphatic heterocycles. The molecule has 1 aromatic carbocycles. The molecule has 0 saturated carbocycles. The van der Waals surface area contributed by atoms with Crippen LogP contribution in [0.4, 0.5) is 4.79 Å². The SMILES string of the molecule is CC[C@H]1OC(=O)[C@H](C)[C@@H](O[C@H]2C[C@@](C)(OC)[C@H](OC(=O)NCCc3ccc4c(c3)OCO4)[C@H](C)O2)[C@H](C)[C@@H](O[C@@H]2O[C@H](C)C[C@H](N(C)C)[C@@H]2O)[C@@](C)(O)C[C@@H](C)C(=O)[C@H](C)[C@H](O)[C@]1(C)O. The Bertz CT molecular complexity index is 1780. The van der Waals surface area contributed by atoms with E-state index < -0.39 is 114 Å². The standard InChI is InChI=1S/C47H76N2O16/c1-14-34-47(10,56)39(52)26(4)36(50)24(2)21-45(8,55)40(64-43-37(51)31(49(11)12)19-25(3)60-43)27(5)38(28(6)42(53)62-34)63-35-22-46(9,57-13)41(29(7)61-35)65-44(54)48-18-17-30-15-16-32-33(20-30)59-23-58-32/h15-16,20,24-29,31,34-35,37-41,43,51-52,55-56H,14,17-19,21-23H2,1-13H3,(H,48,54)/t24-,25-,26+,27+,28-,29+,31+,34-,35+,37+,38+,39+,40-,41-,43+,45+,46-,47-/m1/s1. The summed E-state index contributed by atoms with van der Waals surface area (Å²) in [5, 5.41) is 50.2. The van der Waals surface area contributed by atoms with Gasteiger partial charge < -0.3 is 73.3 Å². The third-order valence-electron chi connectivity index (χ3n) is 14.1. The molecule has 18 atom stereocenters. The lowest BCUT2D eigenvalue weighted by Crippen LogP contribution is -2.61. The first-order valence-corrected chi connectivity index (χ1v) is 23.1. The van der Waals surface area contributed by atoms with Crippen LogP contribution in [0.3, 0.4) is 0 Å². The number of carbonyl (C=O) groups excluding carboxylic acids is 3. The number of hydrogen-bond donors (Lipinski definition) is 5. The van der Waals surface area contributed by atoms with Crippen LogP contribution in [-0.2, 0) is 49.2 Å². The summed E-state index contributed by atoms with van der Waals surface area (Å²) in [4.78, 5) is 43.5. The zero-order valence-electron chi connectivity index (χ0n) is 40.5. The molecule has 1 aromatic rings. The summed E-state index contributed by atoms with van der Waals surface area (Å²) in [7, 11) is 5.17. The van der Waals surface area contributed by atoms with Gasteiger partial charge in [-0.1, -0.05) is 33.8 Å². The molecule has 3 saturated heterocycles. The number of benzene rings is 1. The number of fused-ring (bicyclic) bond motifs is 1. The quantitative estimate of drug-likeness (QED) is 0.200. The maximum Gasteiger partial charge on any atom is 0.407 e. The van der Waals surface area contributed by atoms with Gasteiger partial charge in [0.05, 0.1) is 42.0 Å². The molecule has 5 N–H and O–H groups in total. The minimum Gasteiger partial charge on any atom is -0.459 e. The Labute approximate surface area is 383 Å². The number of aliphatic hydroxyl groups excluding tert-OH is 2. The number of ketones is 1. The van der Waals surface area contributed by atoms with Crippen molar-refractivity contribution in [2.45, 2.75) is 186 Å². The molecule has 0 radical (unpaired) electrons. The summed E-state index contributed by atoms with van der Waals surface area (Å²) in [6, 6.07) is 5.22. The van der Waals surface area contributed by atoms with Crippen molar-refractivity contribution in [1.29, 1.82) is 0 Å². The Kier molecular flexibility index (Phi) is 17.4. The third kappa shape index (κ3) is 11.9. The number of ether oxygens (including phenoxy) is 9. The second-order valence-electron chi connectivity index (χ2n) is 19.7. The van der Waals surface area contributed by atoms with E-state index in [9.17, 15) is 34.8 Å². The highest BCUT2D eigenvalue weighted by molar-refractivity contribution is 5.83. The average Bonchev–Trinajstić information content (AvgIpc) is 3.72. The van der Waals surface area contributed by atoms with Crippen molar-refractivity contribution in [3.8, 4) is 11.5 Å². The van der Waals surface area contributed by atoms with Crippen LogP contribution in [0.15, 0.2) is 18.2 Å². The Balaban J connectivity index is 1.44. The van der Waals surface area contributed by atoms with Crippen molar-refractivity contribution in [2.75, 3.05) is 34.5 Å². The number of methoxy groups -OCH3 is 1. The van der Waals surface area contributed by atoms with Gasteiger partial charge in [0.25, 0.3) is 0 Å². The average molecular weight is 925 g/mol. The summed E-state index contributed by atoms with van der Waals surface area (Å²) in [6.45, 7) is 16.8. The normalized spacial score (nSPS) is 42.0. The van der Waals surface area contributed by atoms with E-state index in [0.29, 0.717) is 24.3 Å². The van der Waals surface area contributed by atoms with Crippen LogP contribution in [-0.4, -0.2) is 162 Å². The Morgan fingerprint density at radius 3 is 2.25 bits per heavy atom. The van der Waals surface area contributed by atoms with E-state index in [-0.39, 0.29) is 44.7 Å². The van der Waals surface area contributed by atoms with Gasteiger partial charge in [0, 0.05) is 43.9 Å². The molecule has 4 aliphatic rings. The number of amides is 1. The van der Waals surface area contributed by atoms with Gasteiger partial charge in [-0.3, -0.25) is 9.59 Å². The van der Waals surface area contributed by atoms with E-state index in [1.54, 1.807) is 41.5 Å². The molecule has 0 spiro atoms. The highest BCUT2D eigenvalue weighted by atomic mass is 16.7. The fraction of sp³-hybridized carbons (Fsp3) is 0.809.